The summed E-state index contributed by atoms with van der Waals surface area (Å²) in [5.41, 5.74) is 1.83. The summed E-state index contributed by atoms with van der Waals surface area (Å²) in [6, 6.07) is 7.38. The van der Waals surface area contributed by atoms with E-state index in [0.717, 1.165) is 11.1 Å². The van der Waals surface area contributed by atoms with Crippen LogP contribution in [0.25, 0.3) is 0 Å². The van der Waals surface area contributed by atoms with E-state index < -0.39 is 10.0 Å². The van der Waals surface area contributed by atoms with Gasteiger partial charge in [-0.25, -0.2) is 13.1 Å². The molecule has 21 heavy (non-hydrogen) atoms. The number of ether oxygens (including phenoxy) is 1. The minimum absolute atomic E-state index is 0.000850. The Morgan fingerprint density at radius 3 is 2.62 bits per heavy atom. The minimum Gasteiger partial charge on any atom is -0.365 e. The number of carbonyl (C=O) groups excluding carboxylic acids is 1. The number of nitrogens with zero attached hydrogens (tertiary/aromatic N) is 1. The van der Waals surface area contributed by atoms with Gasteiger partial charge in [-0.3, -0.25) is 4.79 Å². The fourth-order valence-corrected chi connectivity index (χ4v) is 3.23. The number of nitrogens with one attached hydrogen (secondary N) is 1. The molecule has 7 heteroatoms. The Morgan fingerprint density at radius 1 is 1.33 bits per heavy atom. The number of amides is 1. The maximum absolute atomic E-state index is 12.0. The molecule has 1 aliphatic heterocycles. The summed E-state index contributed by atoms with van der Waals surface area (Å²) in [6.45, 7) is 2.52. The van der Waals surface area contributed by atoms with Gasteiger partial charge in [-0.1, -0.05) is 29.8 Å². The van der Waals surface area contributed by atoms with Crippen molar-refractivity contribution in [3.05, 3.63) is 35.4 Å². The molecular formula is C14H20N2O4S. The average Bonchev–Trinajstić information content (AvgIpc) is 2.43. The first-order chi connectivity index (χ1) is 9.85. The first-order valence-electron chi connectivity index (χ1n) is 6.74. The number of aryl methyl sites for hydroxylation is 1. The van der Waals surface area contributed by atoms with E-state index in [1.54, 1.807) is 24.1 Å². The number of carbonyl (C=O) groups is 1. The van der Waals surface area contributed by atoms with Gasteiger partial charge in [-0.05, 0) is 12.5 Å². The molecule has 1 fully saturated rings. The topological polar surface area (TPSA) is 75.7 Å². The van der Waals surface area contributed by atoms with Gasteiger partial charge in [0.25, 0.3) is 0 Å². The summed E-state index contributed by atoms with van der Waals surface area (Å²) in [7, 11) is -1.73. The van der Waals surface area contributed by atoms with E-state index in [2.05, 4.69) is 4.72 Å². The molecule has 1 saturated heterocycles. The molecule has 0 radical (unpaired) electrons. The molecule has 1 atom stereocenters. The molecule has 0 bridgehead atoms. The number of sulfonamides is 1. The predicted molar refractivity (Wildman–Crippen MR) is 79.2 cm³/mol. The van der Waals surface area contributed by atoms with Crippen molar-refractivity contribution in [1.29, 1.82) is 0 Å². The molecule has 1 N–H and O–H groups in total. The quantitative estimate of drug-likeness (QED) is 0.847. The van der Waals surface area contributed by atoms with Crippen LogP contribution < -0.4 is 4.72 Å². The second-order valence-electron chi connectivity index (χ2n) is 5.30. The second-order valence-corrected chi connectivity index (χ2v) is 7.11. The number of morpholine rings is 1. The SMILES string of the molecule is Cc1ccc(CS(=O)(=O)NCC2CN(C)C(=O)CO2)cc1. The summed E-state index contributed by atoms with van der Waals surface area (Å²) in [4.78, 5) is 12.8. The maximum atomic E-state index is 12.0. The Balaban J connectivity index is 1.86. The molecule has 1 unspecified atom stereocenters. The summed E-state index contributed by atoms with van der Waals surface area (Å²) < 4.78 is 31.9. The molecule has 2 rings (SSSR count). The standard InChI is InChI=1S/C14H20N2O4S/c1-11-3-5-12(6-4-11)10-21(18,19)15-7-13-8-16(2)14(17)9-20-13/h3-6,13,15H,7-10H2,1-2H3. The highest BCUT2D eigenvalue weighted by Crippen LogP contribution is 2.08. The van der Waals surface area contributed by atoms with Crippen LogP contribution >= 0.6 is 0 Å². The fourth-order valence-electron chi connectivity index (χ4n) is 2.06. The molecule has 1 aromatic carbocycles. The molecule has 1 aliphatic rings. The Kier molecular flexibility index (Phi) is 4.97. The molecule has 0 aromatic heterocycles. The molecule has 116 valence electrons. The van der Waals surface area contributed by atoms with Gasteiger partial charge in [0.05, 0.1) is 11.9 Å². The second kappa shape index (κ2) is 6.55. The van der Waals surface area contributed by atoms with Crippen molar-refractivity contribution < 1.29 is 17.9 Å². The summed E-state index contributed by atoms with van der Waals surface area (Å²) in [5, 5.41) is 0. The molecule has 0 aliphatic carbocycles. The van der Waals surface area contributed by atoms with E-state index in [9.17, 15) is 13.2 Å². The number of benzene rings is 1. The molecule has 1 amide bonds. The van der Waals surface area contributed by atoms with Crippen LogP contribution in [0.5, 0.6) is 0 Å². The van der Waals surface area contributed by atoms with E-state index >= 15 is 0 Å². The lowest BCUT2D eigenvalue weighted by Crippen LogP contribution is -2.48. The smallest absolute Gasteiger partial charge is 0.248 e. The monoisotopic (exact) mass is 312 g/mol. The third-order valence-electron chi connectivity index (χ3n) is 3.35. The van der Waals surface area contributed by atoms with E-state index in [4.69, 9.17) is 4.74 Å². The van der Waals surface area contributed by atoms with Crippen molar-refractivity contribution >= 4 is 15.9 Å². The predicted octanol–water partition coefficient (Wildman–Crippen LogP) is 0.272. The van der Waals surface area contributed by atoms with Gasteiger partial charge >= 0.3 is 0 Å². The summed E-state index contributed by atoms with van der Waals surface area (Å²) in [5.74, 6) is -0.150. The molecule has 1 heterocycles. The van der Waals surface area contributed by atoms with Crippen LogP contribution in [0.15, 0.2) is 24.3 Å². The van der Waals surface area contributed by atoms with Gasteiger partial charge in [0.2, 0.25) is 15.9 Å². The van der Waals surface area contributed by atoms with Crippen molar-refractivity contribution in [1.82, 2.24) is 9.62 Å². The van der Waals surface area contributed by atoms with Crippen LogP contribution in [0.4, 0.5) is 0 Å². The van der Waals surface area contributed by atoms with Gasteiger partial charge in [-0.15, -0.1) is 0 Å². The van der Waals surface area contributed by atoms with E-state index in [1.807, 2.05) is 19.1 Å². The van der Waals surface area contributed by atoms with Crippen molar-refractivity contribution in [3.63, 3.8) is 0 Å². The lowest BCUT2D eigenvalue weighted by molar-refractivity contribution is -0.146. The van der Waals surface area contributed by atoms with Crippen LogP contribution in [0, 0.1) is 6.92 Å². The molecule has 6 nitrogen and oxygen atoms in total. The van der Waals surface area contributed by atoms with E-state index in [1.165, 1.54) is 0 Å². The average molecular weight is 312 g/mol. The van der Waals surface area contributed by atoms with Crippen LogP contribution in [0.2, 0.25) is 0 Å². The highest BCUT2D eigenvalue weighted by atomic mass is 32.2. The number of hydrogen-bond donors (Lipinski definition) is 1. The Bertz CT molecular complexity index is 598. The molecular weight excluding hydrogens is 292 g/mol. The highest BCUT2D eigenvalue weighted by Gasteiger charge is 2.24. The summed E-state index contributed by atoms with van der Waals surface area (Å²) in [6.07, 6.45) is -0.305. The first kappa shape index (κ1) is 15.9. The van der Waals surface area contributed by atoms with Crippen LogP contribution in [-0.2, 0) is 25.3 Å². The van der Waals surface area contributed by atoms with Crippen molar-refractivity contribution in [2.24, 2.45) is 0 Å². The Hall–Kier alpha value is -1.44. The maximum Gasteiger partial charge on any atom is 0.248 e. The lowest BCUT2D eigenvalue weighted by Gasteiger charge is -2.29. The zero-order valence-corrected chi connectivity index (χ0v) is 13.0. The van der Waals surface area contributed by atoms with Gasteiger partial charge < -0.3 is 9.64 Å². The summed E-state index contributed by atoms with van der Waals surface area (Å²) >= 11 is 0. The Morgan fingerprint density at radius 2 is 2.00 bits per heavy atom. The molecule has 0 spiro atoms. The number of rotatable bonds is 5. The molecule has 0 saturated carbocycles. The lowest BCUT2D eigenvalue weighted by atomic mass is 10.2. The van der Waals surface area contributed by atoms with Crippen LogP contribution in [0.1, 0.15) is 11.1 Å². The zero-order valence-electron chi connectivity index (χ0n) is 12.2. The van der Waals surface area contributed by atoms with Gasteiger partial charge in [-0.2, -0.15) is 0 Å². The van der Waals surface area contributed by atoms with Crippen molar-refractivity contribution in [2.45, 2.75) is 18.8 Å². The zero-order chi connectivity index (χ0) is 15.5. The highest BCUT2D eigenvalue weighted by molar-refractivity contribution is 7.88. The van der Waals surface area contributed by atoms with Crippen LogP contribution in [-0.4, -0.2) is 52.1 Å². The van der Waals surface area contributed by atoms with Crippen molar-refractivity contribution in [3.8, 4) is 0 Å². The van der Waals surface area contributed by atoms with E-state index in [0.29, 0.717) is 6.54 Å². The fraction of sp³-hybridized carbons (Fsp3) is 0.500. The minimum atomic E-state index is -3.41. The Labute approximate surface area is 125 Å². The van der Waals surface area contributed by atoms with Crippen LogP contribution in [0.3, 0.4) is 0 Å². The van der Waals surface area contributed by atoms with Crippen molar-refractivity contribution in [2.75, 3.05) is 26.7 Å². The molecule has 1 aromatic rings. The van der Waals surface area contributed by atoms with E-state index in [-0.39, 0.29) is 30.9 Å². The number of hydrogen-bond acceptors (Lipinski definition) is 4. The first-order valence-corrected chi connectivity index (χ1v) is 8.39. The third kappa shape index (κ3) is 4.80. The third-order valence-corrected chi connectivity index (χ3v) is 4.67. The normalized spacial score (nSPS) is 19.8. The van der Waals surface area contributed by atoms with Gasteiger partial charge in [0, 0.05) is 20.1 Å². The largest absolute Gasteiger partial charge is 0.365 e. The van der Waals surface area contributed by atoms with Gasteiger partial charge in [0.15, 0.2) is 0 Å². The van der Waals surface area contributed by atoms with Gasteiger partial charge in [0.1, 0.15) is 6.61 Å². The number of likely N-dealkylation sites (N-methyl/N-ethyl adjacent to an activating group) is 1.